The van der Waals surface area contributed by atoms with Gasteiger partial charge in [0.25, 0.3) is 0 Å². The Morgan fingerprint density at radius 1 is 1.17 bits per heavy atom. The predicted octanol–water partition coefficient (Wildman–Crippen LogP) is 3.11. The van der Waals surface area contributed by atoms with E-state index >= 15 is 0 Å². The fraction of sp³-hybridized carbons (Fsp3) is 0.273. The lowest BCUT2D eigenvalue weighted by molar-refractivity contribution is 0.241. The summed E-state index contributed by atoms with van der Waals surface area (Å²) in [4.78, 5) is 36.4. The summed E-state index contributed by atoms with van der Waals surface area (Å²) >= 11 is 0. The second-order valence-electron chi connectivity index (χ2n) is 7.83. The first-order chi connectivity index (χ1) is 14.5. The Morgan fingerprint density at radius 3 is 2.73 bits per heavy atom. The number of fused-ring (bicyclic) bond motifs is 2. The molecule has 5 rings (SSSR count). The molecule has 7 nitrogen and oxygen atoms in total. The number of imidazole rings is 1. The topological polar surface area (TPSA) is 73.0 Å². The second-order valence-corrected chi connectivity index (χ2v) is 9.00. The van der Waals surface area contributed by atoms with Gasteiger partial charge >= 0.3 is 5.69 Å². The minimum atomic E-state index is -0.0621. The van der Waals surface area contributed by atoms with Crippen LogP contribution in [0.5, 0.6) is 0 Å². The third-order valence-corrected chi connectivity index (χ3v) is 6.97. The molecule has 1 aliphatic rings. The summed E-state index contributed by atoms with van der Waals surface area (Å²) in [6, 6.07) is 10.1. The number of pyridine rings is 2. The summed E-state index contributed by atoms with van der Waals surface area (Å²) in [7, 11) is 3.45. The number of nitrogens with zero attached hydrogens (tertiary/aromatic N) is 5. The fourth-order valence-electron chi connectivity index (χ4n) is 3.80. The van der Waals surface area contributed by atoms with Gasteiger partial charge in [0.15, 0.2) is 0 Å². The molecule has 0 bridgehead atoms. The summed E-state index contributed by atoms with van der Waals surface area (Å²) in [6.07, 6.45) is 7.34. The molecule has 0 aliphatic heterocycles. The van der Waals surface area contributed by atoms with Gasteiger partial charge in [0.1, 0.15) is 0 Å². The van der Waals surface area contributed by atoms with Crippen LogP contribution in [0, 0.1) is 0 Å². The molecule has 0 radical (unpaired) electrons. The summed E-state index contributed by atoms with van der Waals surface area (Å²) in [5.74, 6) is 0. The quantitative estimate of drug-likeness (QED) is 0.466. The van der Waals surface area contributed by atoms with Crippen molar-refractivity contribution in [3.05, 3.63) is 65.1 Å². The molecule has 0 saturated heterocycles. The summed E-state index contributed by atoms with van der Waals surface area (Å²) in [5, 5.41) is 2.90. The Labute approximate surface area is 175 Å². The van der Waals surface area contributed by atoms with Gasteiger partial charge < -0.3 is 4.90 Å². The van der Waals surface area contributed by atoms with E-state index in [1.807, 2.05) is 41.1 Å². The number of amides is 1. The van der Waals surface area contributed by atoms with Crippen molar-refractivity contribution < 1.29 is 4.79 Å². The summed E-state index contributed by atoms with van der Waals surface area (Å²) in [5.41, 5.74) is 2.46. The smallest absolute Gasteiger partial charge is 0.329 e. The normalized spacial score (nSPS) is 14.2. The van der Waals surface area contributed by atoms with Gasteiger partial charge in [-0.05, 0) is 24.3 Å². The Bertz CT molecular complexity index is 1340. The van der Waals surface area contributed by atoms with E-state index in [1.165, 1.54) is 0 Å². The average Bonchev–Trinajstić information content (AvgIpc) is 3.54. The second kappa shape index (κ2) is 7.33. The summed E-state index contributed by atoms with van der Waals surface area (Å²) in [6.45, 7) is 0.314. The highest BCUT2D eigenvalue weighted by Gasteiger charge is 2.29. The monoisotopic (exact) mass is 419 g/mol. The minimum absolute atomic E-state index is 0.0313. The maximum Gasteiger partial charge on any atom is 0.329 e. The number of aromatic nitrogens is 4. The maximum absolute atomic E-state index is 13.3. The average molecular weight is 419 g/mol. The number of hydrogen-bond acceptors (Lipinski definition) is 4. The van der Waals surface area contributed by atoms with Crippen molar-refractivity contribution in [2.45, 2.75) is 25.4 Å². The standard InChI is InChI=1S/C22H22N5O2P/c1-25(2)22(29)30-20-16-6-4-3-5-14(16)11-24-17(20)13-26-19-12-23-10-9-18(19)27(21(26)28)15-7-8-15/h3-6,9-12,15,30H,7-8,13H2,1-2H3. The SMILES string of the molecule is CN(C)C(=O)Pc1c(Cn2c(=O)n(C3CC3)c3ccncc32)ncc2ccccc12. The number of carbonyl (C=O) groups is 1. The van der Waals surface area contributed by atoms with E-state index in [0.29, 0.717) is 6.54 Å². The van der Waals surface area contributed by atoms with E-state index < -0.39 is 0 Å². The number of hydrogen-bond donors (Lipinski definition) is 0. The zero-order valence-electron chi connectivity index (χ0n) is 16.9. The fourth-order valence-corrected chi connectivity index (χ4v) is 4.89. The van der Waals surface area contributed by atoms with E-state index in [1.54, 1.807) is 36.0 Å². The van der Waals surface area contributed by atoms with E-state index in [-0.39, 0.29) is 26.0 Å². The van der Waals surface area contributed by atoms with Crippen molar-refractivity contribution in [3.8, 4) is 0 Å². The largest absolute Gasteiger partial charge is 0.345 e. The lowest BCUT2D eigenvalue weighted by atomic mass is 10.1. The molecule has 4 aromatic rings. The maximum atomic E-state index is 13.3. The molecular weight excluding hydrogens is 397 g/mol. The first-order valence-corrected chi connectivity index (χ1v) is 10.9. The first kappa shape index (κ1) is 18.9. The van der Waals surface area contributed by atoms with Gasteiger partial charge in [0, 0.05) is 51.8 Å². The van der Waals surface area contributed by atoms with Crippen LogP contribution in [0.3, 0.4) is 0 Å². The molecule has 1 aromatic carbocycles. The van der Waals surface area contributed by atoms with Crippen molar-refractivity contribution in [2.75, 3.05) is 14.1 Å². The van der Waals surface area contributed by atoms with Gasteiger partial charge in [-0.1, -0.05) is 24.3 Å². The Hall–Kier alpha value is -3.05. The molecule has 1 fully saturated rings. The lowest BCUT2D eigenvalue weighted by Gasteiger charge is -2.15. The Morgan fingerprint density at radius 2 is 1.97 bits per heavy atom. The molecule has 3 heterocycles. The highest BCUT2D eigenvalue weighted by molar-refractivity contribution is 7.65. The third kappa shape index (κ3) is 3.19. The van der Waals surface area contributed by atoms with E-state index in [2.05, 4.69) is 9.97 Å². The zero-order valence-corrected chi connectivity index (χ0v) is 17.9. The van der Waals surface area contributed by atoms with Crippen LogP contribution in [0.2, 0.25) is 0 Å². The van der Waals surface area contributed by atoms with Crippen molar-refractivity contribution in [1.29, 1.82) is 0 Å². The molecule has 1 aliphatic carbocycles. The van der Waals surface area contributed by atoms with Gasteiger partial charge in [0.2, 0.25) is 5.65 Å². The van der Waals surface area contributed by atoms with E-state index in [0.717, 1.165) is 45.6 Å². The van der Waals surface area contributed by atoms with Crippen LogP contribution in [-0.2, 0) is 6.54 Å². The van der Waals surface area contributed by atoms with Crippen molar-refractivity contribution in [1.82, 2.24) is 24.0 Å². The molecule has 0 spiro atoms. The molecule has 8 heteroatoms. The summed E-state index contributed by atoms with van der Waals surface area (Å²) < 4.78 is 3.62. The van der Waals surface area contributed by atoms with E-state index in [4.69, 9.17) is 0 Å². The van der Waals surface area contributed by atoms with Gasteiger partial charge in [-0.15, -0.1) is 0 Å². The first-order valence-electron chi connectivity index (χ1n) is 9.94. The molecule has 1 amide bonds. The van der Waals surface area contributed by atoms with Crippen LogP contribution in [0.4, 0.5) is 4.79 Å². The van der Waals surface area contributed by atoms with Crippen molar-refractivity contribution in [3.63, 3.8) is 0 Å². The highest BCUT2D eigenvalue weighted by atomic mass is 31.1. The van der Waals surface area contributed by atoms with Crippen LogP contribution < -0.4 is 11.0 Å². The van der Waals surface area contributed by atoms with Crippen LogP contribution >= 0.6 is 8.58 Å². The zero-order chi connectivity index (χ0) is 20.8. The molecule has 30 heavy (non-hydrogen) atoms. The van der Waals surface area contributed by atoms with Gasteiger partial charge in [-0.3, -0.25) is 23.9 Å². The molecule has 3 aromatic heterocycles. The molecular formula is C22H22N5O2P. The van der Waals surface area contributed by atoms with Gasteiger partial charge in [0.05, 0.1) is 29.5 Å². The van der Waals surface area contributed by atoms with E-state index in [9.17, 15) is 9.59 Å². The van der Waals surface area contributed by atoms with Gasteiger partial charge in [-0.25, -0.2) is 4.79 Å². The van der Waals surface area contributed by atoms with Crippen LogP contribution in [0.25, 0.3) is 21.8 Å². The highest BCUT2D eigenvalue weighted by Crippen LogP contribution is 2.36. The molecule has 152 valence electrons. The predicted molar refractivity (Wildman–Crippen MR) is 120 cm³/mol. The van der Waals surface area contributed by atoms with Gasteiger partial charge in [-0.2, -0.15) is 0 Å². The minimum Gasteiger partial charge on any atom is -0.345 e. The van der Waals surface area contributed by atoms with Crippen molar-refractivity contribution >= 4 is 41.3 Å². The lowest BCUT2D eigenvalue weighted by Crippen LogP contribution is -2.27. The molecule has 1 unspecified atom stereocenters. The van der Waals surface area contributed by atoms with Crippen LogP contribution in [0.15, 0.2) is 53.7 Å². The van der Waals surface area contributed by atoms with Crippen molar-refractivity contribution in [2.24, 2.45) is 0 Å². The molecule has 1 atom stereocenters. The molecule has 1 saturated carbocycles. The van der Waals surface area contributed by atoms with Crippen LogP contribution in [0.1, 0.15) is 24.6 Å². The number of rotatable bonds is 5. The number of carbonyl (C=O) groups excluding carboxylic acids is 1. The third-order valence-electron chi connectivity index (χ3n) is 5.50. The Balaban J connectivity index is 1.67. The Kier molecular flexibility index (Phi) is 4.63. The number of benzene rings is 1. The molecule has 0 N–H and O–H groups in total. The van der Waals surface area contributed by atoms with Crippen LogP contribution in [-0.4, -0.2) is 43.7 Å².